The number of nitrogens with zero attached hydrogens (tertiary/aromatic N) is 2. The zero-order valence-corrected chi connectivity index (χ0v) is 22.3. The van der Waals surface area contributed by atoms with Gasteiger partial charge in [0.05, 0.1) is 0 Å². The lowest BCUT2D eigenvalue weighted by Gasteiger charge is -2.27. The first kappa shape index (κ1) is 25.5. The average molecular weight is 507 g/mol. The highest BCUT2D eigenvalue weighted by molar-refractivity contribution is 5.95. The minimum absolute atomic E-state index is 0.0327. The maximum atomic E-state index is 13.9. The Kier molecular flexibility index (Phi) is 7.45. The SMILES string of the molecule is CC(C)N(C)C(=O)c1c(OCc2ccccc2)c(=O)ccn1CC1c2ccccc2CCc2ccccc21. The van der Waals surface area contributed by atoms with E-state index in [4.69, 9.17) is 4.74 Å². The molecule has 4 aromatic rings. The predicted octanol–water partition coefficient (Wildman–Crippen LogP) is 5.84. The Balaban J connectivity index is 1.63. The molecule has 1 aliphatic rings. The van der Waals surface area contributed by atoms with Gasteiger partial charge in [0.2, 0.25) is 5.43 Å². The molecule has 38 heavy (non-hydrogen) atoms. The fourth-order valence-electron chi connectivity index (χ4n) is 5.23. The van der Waals surface area contributed by atoms with E-state index >= 15 is 0 Å². The second-order valence-electron chi connectivity index (χ2n) is 10.2. The Morgan fingerprint density at radius 3 is 2.08 bits per heavy atom. The fourth-order valence-corrected chi connectivity index (χ4v) is 5.23. The van der Waals surface area contributed by atoms with Crippen LogP contribution in [-0.2, 0) is 26.0 Å². The van der Waals surface area contributed by atoms with E-state index in [9.17, 15) is 9.59 Å². The summed E-state index contributed by atoms with van der Waals surface area (Å²) in [5, 5.41) is 0. The topological polar surface area (TPSA) is 51.5 Å². The molecule has 1 heterocycles. The molecule has 0 atom stereocenters. The number of fused-ring (bicyclic) bond motifs is 2. The van der Waals surface area contributed by atoms with Gasteiger partial charge in [-0.15, -0.1) is 0 Å². The van der Waals surface area contributed by atoms with Crippen molar-refractivity contribution >= 4 is 5.91 Å². The summed E-state index contributed by atoms with van der Waals surface area (Å²) >= 11 is 0. The van der Waals surface area contributed by atoms with Gasteiger partial charge in [0.1, 0.15) is 6.61 Å². The standard InChI is InChI=1S/C33H34N2O3/c1-23(2)34(3)33(37)31-32(38-22-24-11-5-4-6-12-24)30(36)19-20-35(31)21-29-27-15-9-7-13-25(27)17-18-26-14-8-10-16-28(26)29/h4-16,19-20,23,29H,17-18,21-22H2,1-3H3. The molecule has 0 unspecified atom stereocenters. The molecular weight excluding hydrogens is 472 g/mol. The highest BCUT2D eigenvalue weighted by Crippen LogP contribution is 2.36. The number of aromatic nitrogens is 1. The number of hydrogen-bond acceptors (Lipinski definition) is 3. The van der Waals surface area contributed by atoms with Crippen LogP contribution in [0.5, 0.6) is 5.75 Å². The van der Waals surface area contributed by atoms with Gasteiger partial charge in [-0.1, -0.05) is 78.9 Å². The van der Waals surface area contributed by atoms with Crippen molar-refractivity contribution in [1.82, 2.24) is 9.47 Å². The van der Waals surface area contributed by atoms with Crippen LogP contribution in [0.4, 0.5) is 0 Å². The molecule has 3 aromatic carbocycles. The summed E-state index contributed by atoms with van der Waals surface area (Å²) in [6.45, 7) is 4.65. The van der Waals surface area contributed by atoms with Crippen molar-refractivity contribution in [2.24, 2.45) is 0 Å². The molecule has 0 aliphatic heterocycles. The van der Waals surface area contributed by atoms with Crippen molar-refractivity contribution in [3.8, 4) is 5.75 Å². The first-order valence-electron chi connectivity index (χ1n) is 13.3. The summed E-state index contributed by atoms with van der Waals surface area (Å²) in [6.07, 6.45) is 3.69. The molecule has 0 spiro atoms. The van der Waals surface area contributed by atoms with Crippen molar-refractivity contribution in [1.29, 1.82) is 0 Å². The number of aryl methyl sites for hydroxylation is 2. The van der Waals surface area contributed by atoms with Crippen molar-refractivity contribution in [3.63, 3.8) is 0 Å². The number of carbonyl (C=O) groups is 1. The molecule has 1 amide bonds. The zero-order valence-electron chi connectivity index (χ0n) is 22.3. The quantitative estimate of drug-likeness (QED) is 0.317. The number of ether oxygens (including phenoxy) is 1. The molecule has 0 fully saturated rings. The first-order valence-corrected chi connectivity index (χ1v) is 13.3. The van der Waals surface area contributed by atoms with Crippen LogP contribution >= 0.6 is 0 Å². The molecule has 194 valence electrons. The average Bonchev–Trinajstić information content (AvgIpc) is 3.10. The molecule has 1 aromatic heterocycles. The van der Waals surface area contributed by atoms with Crippen LogP contribution in [0.2, 0.25) is 0 Å². The van der Waals surface area contributed by atoms with E-state index in [0.29, 0.717) is 12.2 Å². The van der Waals surface area contributed by atoms with Gasteiger partial charge in [-0.3, -0.25) is 9.59 Å². The molecule has 0 saturated carbocycles. The van der Waals surface area contributed by atoms with Crippen molar-refractivity contribution in [3.05, 3.63) is 135 Å². The van der Waals surface area contributed by atoms with Crippen LogP contribution in [0.1, 0.15) is 58.1 Å². The lowest BCUT2D eigenvalue weighted by molar-refractivity contribution is 0.0736. The van der Waals surface area contributed by atoms with Crippen LogP contribution in [-0.4, -0.2) is 28.5 Å². The number of carbonyl (C=O) groups excluding carboxylic acids is 1. The van der Waals surface area contributed by atoms with Gasteiger partial charge in [0.15, 0.2) is 11.4 Å². The maximum Gasteiger partial charge on any atom is 0.274 e. The Morgan fingerprint density at radius 1 is 0.895 bits per heavy atom. The predicted molar refractivity (Wildman–Crippen MR) is 151 cm³/mol. The van der Waals surface area contributed by atoms with Gasteiger partial charge in [-0.05, 0) is 54.5 Å². The lowest BCUT2D eigenvalue weighted by atomic mass is 9.88. The molecular formula is C33H34N2O3. The fraction of sp³-hybridized carbons (Fsp3) is 0.273. The third kappa shape index (κ3) is 5.14. The molecule has 0 radical (unpaired) electrons. The summed E-state index contributed by atoms with van der Waals surface area (Å²) in [5.74, 6) is -0.0923. The van der Waals surface area contributed by atoms with E-state index < -0.39 is 0 Å². The maximum absolute atomic E-state index is 13.9. The summed E-state index contributed by atoms with van der Waals surface area (Å²) in [5.41, 5.74) is 6.11. The second kappa shape index (κ2) is 11.1. The van der Waals surface area contributed by atoms with E-state index in [0.717, 1.165) is 18.4 Å². The Bertz CT molecular complexity index is 1440. The summed E-state index contributed by atoms with van der Waals surface area (Å²) < 4.78 is 8.04. The van der Waals surface area contributed by atoms with E-state index in [1.54, 1.807) is 18.1 Å². The Hall–Kier alpha value is -4.12. The zero-order chi connectivity index (χ0) is 26.6. The van der Waals surface area contributed by atoms with E-state index in [2.05, 4.69) is 48.5 Å². The molecule has 5 rings (SSSR count). The van der Waals surface area contributed by atoms with Crippen molar-refractivity contribution in [2.75, 3.05) is 7.05 Å². The van der Waals surface area contributed by atoms with Gasteiger partial charge in [0.25, 0.3) is 5.91 Å². The number of pyridine rings is 1. The summed E-state index contributed by atoms with van der Waals surface area (Å²) in [7, 11) is 1.77. The van der Waals surface area contributed by atoms with Crippen molar-refractivity contribution in [2.45, 2.75) is 51.8 Å². The molecule has 5 heteroatoms. The minimum atomic E-state index is -0.292. The second-order valence-corrected chi connectivity index (χ2v) is 10.2. The highest BCUT2D eigenvalue weighted by atomic mass is 16.5. The van der Waals surface area contributed by atoms with Crippen LogP contribution in [0.3, 0.4) is 0 Å². The van der Waals surface area contributed by atoms with Gasteiger partial charge < -0.3 is 14.2 Å². The molecule has 5 nitrogen and oxygen atoms in total. The largest absolute Gasteiger partial charge is 0.483 e. The number of rotatable bonds is 7. The summed E-state index contributed by atoms with van der Waals surface area (Å²) in [6, 6.07) is 28.3. The van der Waals surface area contributed by atoms with Gasteiger partial charge in [-0.2, -0.15) is 0 Å². The summed E-state index contributed by atoms with van der Waals surface area (Å²) in [4.78, 5) is 28.7. The van der Waals surface area contributed by atoms with E-state index in [1.807, 2.05) is 48.7 Å². The monoisotopic (exact) mass is 506 g/mol. The third-order valence-corrected chi connectivity index (χ3v) is 7.56. The van der Waals surface area contributed by atoms with Crippen molar-refractivity contribution < 1.29 is 9.53 Å². The van der Waals surface area contributed by atoms with E-state index in [1.165, 1.54) is 28.3 Å². The molecule has 0 N–H and O–H groups in total. The van der Waals surface area contributed by atoms with Gasteiger partial charge >= 0.3 is 0 Å². The number of benzene rings is 3. The van der Waals surface area contributed by atoms with Crippen LogP contribution in [0.15, 0.2) is 95.9 Å². The van der Waals surface area contributed by atoms with Gasteiger partial charge in [-0.25, -0.2) is 0 Å². The Morgan fingerprint density at radius 2 is 1.47 bits per heavy atom. The molecule has 1 aliphatic carbocycles. The molecule has 0 saturated heterocycles. The third-order valence-electron chi connectivity index (χ3n) is 7.56. The van der Waals surface area contributed by atoms with Crippen LogP contribution in [0, 0.1) is 0 Å². The minimum Gasteiger partial charge on any atom is -0.483 e. The lowest BCUT2D eigenvalue weighted by Crippen LogP contribution is -2.36. The number of amides is 1. The smallest absolute Gasteiger partial charge is 0.274 e. The normalized spacial score (nSPS) is 12.9. The molecule has 0 bridgehead atoms. The first-order chi connectivity index (χ1) is 18.4. The van der Waals surface area contributed by atoms with Crippen LogP contribution in [0.25, 0.3) is 0 Å². The van der Waals surface area contributed by atoms with Gasteiger partial charge in [0, 0.05) is 37.8 Å². The highest BCUT2D eigenvalue weighted by Gasteiger charge is 2.29. The van der Waals surface area contributed by atoms with E-state index in [-0.39, 0.29) is 35.7 Å². The van der Waals surface area contributed by atoms with Crippen LogP contribution < -0.4 is 10.2 Å². The number of hydrogen-bond donors (Lipinski definition) is 0. The Labute approximate surface area is 224 Å².